The summed E-state index contributed by atoms with van der Waals surface area (Å²) >= 11 is 0. The van der Waals surface area contributed by atoms with Crippen molar-refractivity contribution in [3.63, 3.8) is 0 Å². The maximum atomic E-state index is 12.9. The Labute approximate surface area is 165 Å². The first-order chi connectivity index (χ1) is 13.4. The number of anilines is 1. The Morgan fingerprint density at radius 2 is 1.93 bits per heavy atom. The van der Waals surface area contributed by atoms with E-state index in [2.05, 4.69) is 27.1 Å². The molecule has 5 nitrogen and oxygen atoms in total. The van der Waals surface area contributed by atoms with E-state index in [9.17, 15) is 13.2 Å². The van der Waals surface area contributed by atoms with Gasteiger partial charge in [0.05, 0.1) is 5.56 Å². The molecule has 0 aromatic heterocycles. The molecule has 0 bridgehead atoms. The fraction of sp³-hybridized carbons (Fsp3) is 0.550. The highest BCUT2D eigenvalue weighted by molar-refractivity contribution is 5.79. The van der Waals surface area contributed by atoms with Gasteiger partial charge in [-0.3, -0.25) is 9.89 Å². The minimum absolute atomic E-state index is 0.586. The molecule has 2 rings (SSSR count). The van der Waals surface area contributed by atoms with Gasteiger partial charge in [-0.15, -0.1) is 6.58 Å². The molecule has 0 unspecified atom stereocenters. The van der Waals surface area contributed by atoms with Gasteiger partial charge in [0, 0.05) is 52.0 Å². The lowest BCUT2D eigenvalue weighted by molar-refractivity contribution is -0.137. The molecule has 1 aromatic carbocycles. The number of piperazine rings is 1. The summed E-state index contributed by atoms with van der Waals surface area (Å²) in [5.41, 5.74) is 0.0644. The Hall–Kier alpha value is -2.22. The average Bonchev–Trinajstić information content (AvgIpc) is 2.70. The summed E-state index contributed by atoms with van der Waals surface area (Å²) in [6.45, 7) is 9.42. The monoisotopic (exact) mass is 397 g/mol. The van der Waals surface area contributed by atoms with Crippen LogP contribution >= 0.6 is 0 Å². The maximum Gasteiger partial charge on any atom is 0.416 e. The second kappa shape index (κ2) is 10.9. The zero-order valence-electron chi connectivity index (χ0n) is 16.4. The molecule has 0 aliphatic carbocycles. The van der Waals surface area contributed by atoms with Crippen molar-refractivity contribution in [1.29, 1.82) is 0 Å². The van der Waals surface area contributed by atoms with Crippen molar-refractivity contribution in [2.24, 2.45) is 4.99 Å². The van der Waals surface area contributed by atoms with Crippen molar-refractivity contribution in [1.82, 2.24) is 15.5 Å². The van der Waals surface area contributed by atoms with Crippen LogP contribution in [0.2, 0.25) is 0 Å². The number of alkyl halides is 3. The summed E-state index contributed by atoms with van der Waals surface area (Å²) in [4.78, 5) is 8.53. The van der Waals surface area contributed by atoms with Gasteiger partial charge in [-0.05, 0) is 37.6 Å². The lowest BCUT2D eigenvalue weighted by Crippen LogP contribution is -2.46. The van der Waals surface area contributed by atoms with E-state index in [4.69, 9.17) is 0 Å². The topological polar surface area (TPSA) is 42.9 Å². The van der Waals surface area contributed by atoms with Gasteiger partial charge in [-0.1, -0.05) is 12.1 Å². The number of guanidine groups is 1. The molecule has 1 aliphatic rings. The van der Waals surface area contributed by atoms with E-state index < -0.39 is 11.7 Å². The van der Waals surface area contributed by atoms with E-state index in [0.717, 1.165) is 64.1 Å². The predicted octanol–water partition coefficient (Wildman–Crippen LogP) is 2.96. The molecule has 1 aromatic rings. The molecule has 28 heavy (non-hydrogen) atoms. The molecule has 0 spiro atoms. The van der Waals surface area contributed by atoms with Gasteiger partial charge in [0.1, 0.15) is 0 Å². The van der Waals surface area contributed by atoms with Crippen molar-refractivity contribution >= 4 is 11.6 Å². The standard InChI is InChI=1S/C20H30F3N5/c1-3-9-25-19(24-2)26-10-4-5-11-27-12-14-28(15-13-27)18-8-6-7-17(16-18)20(21,22)23/h3,6-8,16H,1,4-5,9-15H2,2H3,(H2,24,25,26). The Balaban J connectivity index is 1.67. The summed E-state index contributed by atoms with van der Waals surface area (Å²) in [6, 6.07) is 5.60. The van der Waals surface area contributed by atoms with Crippen molar-refractivity contribution in [2.45, 2.75) is 19.0 Å². The van der Waals surface area contributed by atoms with Crippen LogP contribution in [0.5, 0.6) is 0 Å². The maximum absolute atomic E-state index is 12.9. The Morgan fingerprint density at radius 1 is 1.18 bits per heavy atom. The smallest absolute Gasteiger partial charge is 0.369 e. The zero-order chi connectivity index (χ0) is 20.4. The number of benzene rings is 1. The van der Waals surface area contributed by atoms with Crippen LogP contribution in [0.4, 0.5) is 18.9 Å². The van der Waals surface area contributed by atoms with Gasteiger partial charge < -0.3 is 15.5 Å². The third-order valence-corrected chi connectivity index (χ3v) is 4.74. The number of aliphatic imine (C=N–C) groups is 1. The van der Waals surface area contributed by atoms with E-state index in [0.29, 0.717) is 12.2 Å². The van der Waals surface area contributed by atoms with Crippen LogP contribution in [0.15, 0.2) is 41.9 Å². The number of halogens is 3. The number of hydrogen-bond acceptors (Lipinski definition) is 3. The third-order valence-electron chi connectivity index (χ3n) is 4.74. The molecule has 8 heteroatoms. The SMILES string of the molecule is C=CCNC(=NC)NCCCCN1CCN(c2cccc(C(F)(F)F)c2)CC1. The average molecular weight is 397 g/mol. The lowest BCUT2D eigenvalue weighted by Gasteiger charge is -2.36. The van der Waals surface area contributed by atoms with E-state index in [-0.39, 0.29) is 0 Å². The van der Waals surface area contributed by atoms with Gasteiger partial charge in [0.25, 0.3) is 0 Å². The molecule has 0 saturated carbocycles. The Bertz CT molecular complexity index is 637. The number of hydrogen-bond donors (Lipinski definition) is 2. The van der Waals surface area contributed by atoms with Crippen LogP contribution < -0.4 is 15.5 Å². The molecule has 0 atom stereocenters. The fourth-order valence-corrected chi connectivity index (χ4v) is 3.17. The van der Waals surface area contributed by atoms with Crippen molar-refractivity contribution in [3.05, 3.63) is 42.5 Å². The van der Waals surface area contributed by atoms with Crippen molar-refractivity contribution in [3.8, 4) is 0 Å². The highest BCUT2D eigenvalue weighted by atomic mass is 19.4. The zero-order valence-corrected chi connectivity index (χ0v) is 16.4. The van der Waals surface area contributed by atoms with Crippen LogP contribution in [-0.4, -0.2) is 63.7 Å². The molecule has 1 aliphatic heterocycles. The molecule has 0 amide bonds. The first-order valence-electron chi connectivity index (χ1n) is 9.64. The Kier molecular flexibility index (Phi) is 8.63. The number of rotatable bonds is 8. The molecular formula is C20H30F3N5. The van der Waals surface area contributed by atoms with Crippen molar-refractivity contribution in [2.75, 3.05) is 57.8 Å². The summed E-state index contributed by atoms with van der Waals surface area (Å²) in [5.74, 6) is 0.773. The quantitative estimate of drug-likeness (QED) is 0.306. The molecule has 2 N–H and O–H groups in total. The minimum Gasteiger partial charge on any atom is -0.369 e. The minimum atomic E-state index is -4.30. The van der Waals surface area contributed by atoms with Gasteiger partial charge >= 0.3 is 6.18 Å². The second-order valence-corrected chi connectivity index (χ2v) is 6.75. The molecule has 1 fully saturated rings. The fourth-order valence-electron chi connectivity index (χ4n) is 3.17. The van der Waals surface area contributed by atoms with Crippen LogP contribution in [0.3, 0.4) is 0 Å². The van der Waals surface area contributed by atoms with Crippen LogP contribution in [0.25, 0.3) is 0 Å². The summed E-state index contributed by atoms with van der Waals surface area (Å²) in [6.07, 6.45) is -0.418. The van der Waals surface area contributed by atoms with E-state index >= 15 is 0 Å². The van der Waals surface area contributed by atoms with Gasteiger partial charge in [0.15, 0.2) is 5.96 Å². The number of nitrogens with zero attached hydrogens (tertiary/aromatic N) is 3. The van der Waals surface area contributed by atoms with Crippen LogP contribution in [0.1, 0.15) is 18.4 Å². The van der Waals surface area contributed by atoms with Gasteiger partial charge in [-0.25, -0.2) is 0 Å². The van der Waals surface area contributed by atoms with E-state index in [1.807, 2.05) is 4.90 Å². The predicted molar refractivity (Wildman–Crippen MR) is 109 cm³/mol. The largest absolute Gasteiger partial charge is 0.416 e. The highest BCUT2D eigenvalue weighted by Crippen LogP contribution is 2.31. The number of nitrogens with one attached hydrogen (secondary N) is 2. The number of unbranched alkanes of at least 4 members (excludes halogenated alkanes) is 1. The molecule has 1 heterocycles. The third kappa shape index (κ3) is 7.07. The summed E-state index contributed by atoms with van der Waals surface area (Å²) in [5, 5.41) is 6.39. The highest BCUT2D eigenvalue weighted by Gasteiger charge is 2.31. The summed E-state index contributed by atoms with van der Waals surface area (Å²) in [7, 11) is 1.74. The molecule has 0 radical (unpaired) electrons. The lowest BCUT2D eigenvalue weighted by atomic mass is 10.1. The Morgan fingerprint density at radius 3 is 2.57 bits per heavy atom. The van der Waals surface area contributed by atoms with E-state index in [1.165, 1.54) is 12.1 Å². The van der Waals surface area contributed by atoms with Gasteiger partial charge in [-0.2, -0.15) is 13.2 Å². The van der Waals surface area contributed by atoms with Crippen LogP contribution in [0, 0.1) is 0 Å². The van der Waals surface area contributed by atoms with Gasteiger partial charge in [0.2, 0.25) is 0 Å². The molecule has 156 valence electrons. The molecular weight excluding hydrogens is 367 g/mol. The molecule has 1 saturated heterocycles. The second-order valence-electron chi connectivity index (χ2n) is 6.75. The van der Waals surface area contributed by atoms with Crippen LogP contribution in [-0.2, 0) is 6.18 Å². The first kappa shape index (κ1) is 22.1. The summed E-state index contributed by atoms with van der Waals surface area (Å²) < 4.78 is 38.7. The normalized spacial score (nSPS) is 16.1. The van der Waals surface area contributed by atoms with E-state index in [1.54, 1.807) is 19.2 Å². The van der Waals surface area contributed by atoms with Crippen molar-refractivity contribution < 1.29 is 13.2 Å². The first-order valence-corrected chi connectivity index (χ1v) is 9.64.